The van der Waals surface area contributed by atoms with E-state index in [4.69, 9.17) is 9.47 Å². The number of rotatable bonds is 0. The summed E-state index contributed by atoms with van der Waals surface area (Å²) in [4.78, 5) is 0. The molecule has 7 aromatic rings. The van der Waals surface area contributed by atoms with E-state index >= 15 is 0 Å². The molecule has 2 nitrogen and oxygen atoms in total. The summed E-state index contributed by atoms with van der Waals surface area (Å²) in [6.07, 6.45) is 0. The third-order valence-corrected chi connectivity index (χ3v) is 7.82. The smallest absolute Gasteiger partial charge is 0.143 e. The van der Waals surface area contributed by atoms with Crippen LogP contribution in [0.2, 0.25) is 0 Å². The maximum Gasteiger partial charge on any atom is 0.143 e. The lowest BCUT2D eigenvalue weighted by Gasteiger charge is -2.30. The average molecular weight is 459 g/mol. The maximum atomic E-state index is 6.69. The largest absolute Gasteiger partial charge is 0.455 e. The first-order valence-electron chi connectivity index (χ1n) is 12.3. The summed E-state index contributed by atoms with van der Waals surface area (Å²) in [5.41, 5.74) is 4.71. The third kappa shape index (κ3) is 2.18. The van der Waals surface area contributed by atoms with E-state index in [0.29, 0.717) is 0 Å². The van der Waals surface area contributed by atoms with Crippen LogP contribution in [0.25, 0.3) is 65.3 Å². The summed E-state index contributed by atoms with van der Waals surface area (Å²) < 4.78 is 13.4. The zero-order valence-electron chi connectivity index (χ0n) is 19.2. The minimum atomic E-state index is 0.882. The Morgan fingerprint density at radius 3 is 1.25 bits per heavy atom. The van der Waals surface area contributed by atoms with Gasteiger partial charge in [0.25, 0.3) is 0 Å². The molecule has 2 aliphatic rings. The van der Waals surface area contributed by atoms with Crippen LogP contribution in [-0.2, 0) is 0 Å². The molecule has 36 heavy (non-hydrogen) atoms. The molecule has 0 saturated heterocycles. The second kappa shape index (κ2) is 6.44. The highest BCUT2D eigenvalue weighted by Crippen LogP contribution is 2.59. The number of ether oxygens (including phenoxy) is 2. The number of benzene rings is 7. The first kappa shape index (κ1) is 18.5. The van der Waals surface area contributed by atoms with E-state index in [2.05, 4.69) is 109 Å². The second-order valence-electron chi connectivity index (χ2n) is 9.64. The molecular weight excluding hydrogens is 440 g/mol. The Morgan fingerprint density at radius 2 is 0.778 bits per heavy atom. The van der Waals surface area contributed by atoms with Crippen LogP contribution >= 0.6 is 0 Å². The zero-order chi connectivity index (χ0) is 23.4. The first-order chi connectivity index (χ1) is 17.9. The van der Waals surface area contributed by atoms with Crippen molar-refractivity contribution in [3.05, 3.63) is 109 Å². The van der Waals surface area contributed by atoms with Gasteiger partial charge in [0.05, 0.1) is 0 Å². The van der Waals surface area contributed by atoms with E-state index < -0.39 is 0 Å². The van der Waals surface area contributed by atoms with Crippen LogP contribution in [0.5, 0.6) is 23.0 Å². The van der Waals surface area contributed by atoms with Crippen LogP contribution < -0.4 is 9.47 Å². The minimum Gasteiger partial charge on any atom is -0.455 e. The van der Waals surface area contributed by atoms with Crippen LogP contribution in [0.4, 0.5) is 0 Å². The van der Waals surface area contributed by atoms with Gasteiger partial charge in [-0.3, -0.25) is 0 Å². The van der Waals surface area contributed by atoms with Crippen molar-refractivity contribution < 1.29 is 9.47 Å². The lowest BCUT2D eigenvalue weighted by atomic mass is 9.82. The minimum absolute atomic E-state index is 0.882. The predicted molar refractivity (Wildman–Crippen MR) is 147 cm³/mol. The molecule has 0 N–H and O–H groups in total. The summed E-state index contributed by atoms with van der Waals surface area (Å²) in [6.45, 7) is 0. The Morgan fingerprint density at radius 1 is 0.361 bits per heavy atom. The molecule has 0 amide bonds. The van der Waals surface area contributed by atoms with Gasteiger partial charge in [-0.15, -0.1) is 0 Å². The van der Waals surface area contributed by atoms with Gasteiger partial charge in [-0.2, -0.15) is 0 Å². The van der Waals surface area contributed by atoms with Crippen molar-refractivity contribution in [2.45, 2.75) is 0 Å². The van der Waals surface area contributed by atoms with Crippen molar-refractivity contribution in [2.24, 2.45) is 0 Å². The first-order valence-corrected chi connectivity index (χ1v) is 12.3. The molecule has 0 atom stereocenters. The van der Waals surface area contributed by atoms with Gasteiger partial charge in [0.2, 0.25) is 0 Å². The SMILES string of the molecule is c1ccc2c3c(ccc2c1)-c1c2ccccc2c2c4c(ccc(c14)O3)Oc1c-2ccc2ccccc12. The van der Waals surface area contributed by atoms with Crippen molar-refractivity contribution in [2.75, 3.05) is 0 Å². The molecule has 0 fully saturated rings. The molecular formula is C34H18O2. The second-order valence-corrected chi connectivity index (χ2v) is 9.64. The standard InChI is InChI=1S/C34H18O2/c1-3-9-21-19(7-1)13-15-25-29-23-11-5-6-12-24(23)30-26-16-14-20-8-2-4-10-22(20)34(26)36-28-18-17-27(35-33(21)25)31(29)32(28)30/h1-18H. The van der Waals surface area contributed by atoms with Crippen LogP contribution in [0.15, 0.2) is 109 Å². The molecule has 166 valence electrons. The van der Waals surface area contributed by atoms with E-state index in [-0.39, 0.29) is 0 Å². The van der Waals surface area contributed by atoms with Crippen LogP contribution in [0.3, 0.4) is 0 Å². The quantitative estimate of drug-likeness (QED) is 0.211. The van der Waals surface area contributed by atoms with Gasteiger partial charge in [-0.25, -0.2) is 0 Å². The predicted octanol–water partition coefficient (Wildman–Crippen LogP) is 9.84. The number of hydrogen-bond acceptors (Lipinski definition) is 2. The molecule has 7 aromatic carbocycles. The van der Waals surface area contributed by atoms with Crippen LogP contribution in [-0.4, -0.2) is 0 Å². The third-order valence-electron chi connectivity index (χ3n) is 7.82. The summed E-state index contributed by atoms with van der Waals surface area (Å²) in [7, 11) is 0. The van der Waals surface area contributed by atoms with Crippen molar-refractivity contribution in [1.29, 1.82) is 0 Å². The normalized spacial score (nSPS) is 12.9. The van der Waals surface area contributed by atoms with E-state index in [0.717, 1.165) is 55.7 Å². The van der Waals surface area contributed by atoms with Gasteiger partial charge < -0.3 is 9.47 Å². The molecule has 9 rings (SSSR count). The Labute approximate surface area is 206 Å². The van der Waals surface area contributed by atoms with Gasteiger partial charge in [-0.05, 0) is 45.8 Å². The molecule has 0 unspecified atom stereocenters. The van der Waals surface area contributed by atoms with Crippen molar-refractivity contribution in [3.8, 4) is 45.3 Å². The van der Waals surface area contributed by atoms with Gasteiger partial charge in [0.15, 0.2) is 0 Å². The highest BCUT2D eigenvalue weighted by atomic mass is 16.5. The average Bonchev–Trinajstić information content (AvgIpc) is 2.95. The van der Waals surface area contributed by atoms with Gasteiger partial charge in [0.1, 0.15) is 23.0 Å². The van der Waals surface area contributed by atoms with Crippen LogP contribution in [0, 0.1) is 0 Å². The molecule has 2 aliphatic heterocycles. The van der Waals surface area contributed by atoms with Gasteiger partial charge >= 0.3 is 0 Å². The van der Waals surface area contributed by atoms with Gasteiger partial charge in [0, 0.05) is 43.8 Å². The van der Waals surface area contributed by atoms with Crippen molar-refractivity contribution in [3.63, 3.8) is 0 Å². The molecule has 0 saturated carbocycles. The lowest BCUT2D eigenvalue weighted by Crippen LogP contribution is -2.04. The summed E-state index contributed by atoms with van der Waals surface area (Å²) in [5.74, 6) is 3.62. The number of hydrogen-bond donors (Lipinski definition) is 0. The summed E-state index contributed by atoms with van der Waals surface area (Å²) in [5, 5.41) is 9.35. The van der Waals surface area contributed by atoms with E-state index in [1.54, 1.807) is 0 Å². The molecule has 0 radical (unpaired) electrons. The van der Waals surface area contributed by atoms with Crippen molar-refractivity contribution >= 4 is 43.1 Å². The molecule has 0 spiro atoms. The van der Waals surface area contributed by atoms with Gasteiger partial charge in [-0.1, -0.05) is 84.9 Å². The fraction of sp³-hybridized carbons (Fsp3) is 0. The Balaban J connectivity index is 1.51. The molecule has 0 bridgehead atoms. The van der Waals surface area contributed by atoms with E-state index in [1.807, 2.05) is 0 Å². The highest BCUT2D eigenvalue weighted by Gasteiger charge is 2.31. The topological polar surface area (TPSA) is 18.5 Å². The number of fused-ring (bicyclic) bond motifs is 11. The fourth-order valence-corrected chi connectivity index (χ4v) is 6.30. The molecule has 0 aliphatic carbocycles. The zero-order valence-corrected chi connectivity index (χ0v) is 19.2. The summed E-state index contributed by atoms with van der Waals surface area (Å²) in [6, 6.07) is 38.6. The molecule has 2 heteroatoms. The molecule has 0 aromatic heterocycles. The summed E-state index contributed by atoms with van der Waals surface area (Å²) >= 11 is 0. The van der Waals surface area contributed by atoms with Crippen LogP contribution in [0.1, 0.15) is 0 Å². The Bertz CT molecular complexity index is 1950. The fourth-order valence-electron chi connectivity index (χ4n) is 6.30. The van der Waals surface area contributed by atoms with Crippen molar-refractivity contribution in [1.82, 2.24) is 0 Å². The van der Waals surface area contributed by atoms with E-state index in [1.165, 1.54) is 32.7 Å². The van der Waals surface area contributed by atoms with E-state index in [9.17, 15) is 0 Å². The highest BCUT2D eigenvalue weighted by molar-refractivity contribution is 6.28. The monoisotopic (exact) mass is 458 g/mol. The maximum absolute atomic E-state index is 6.69. The lowest BCUT2D eigenvalue weighted by molar-refractivity contribution is 0.481. The molecule has 2 heterocycles. The Kier molecular flexibility index (Phi) is 3.31. The Hall–Kier alpha value is -4.82.